The third kappa shape index (κ3) is 5.30. The normalized spacial score (nSPS) is 10.9. The minimum atomic E-state index is -0.427. The van der Waals surface area contributed by atoms with E-state index in [0.29, 0.717) is 30.1 Å². The lowest BCUT2D eigenvalue weighted by Gasteiger charge is -2.15. The molecular formula is C27H24N2O4. The average molecular weight is 440 g/mol. The summed E-state index contributed by atoms with van der Waals surface area (Å²) in [5.41, 5.74) is 5.87. The first-order chi connectivity index (χ1) is 16.2. The molecule has 33 heavy (non-hydrogen) atoms. The zero-order chi connectivity index (χ0) is 23.0. The molecular weight excluding hydrogens is 416 g/mol. The number of para-hydroxylation sites is 1. The Bertz CT molecular complexity index is 1260. The van der Waals surface area contributed by atoms with E-state index in [0.717, 1.165) is 22.1 Å². The number of carbonyl (C=O) groups excluding carboxylic acids is 1. The summed E-state index contributed by atoms with van der Waals surface area (Å²) < 4.78 is 17.2. The van der Waals surface area contributed by atoms with E-state index in [4.69, 9.17) is 13.9 Å². The van der Waals surface area contributed by atoms with E-state index in [1.54, 1.807) is 25.5 Å². The van der Waals surface area contributed by atoms with Crippen LogP contribution in [0.5, 0.6) is 11.5 Å². The SMILES string of the molecule is C=CCc1cc(/C=N/NC(=O)c2cc3ccccc3o2)cc(OC)c1OCc1ccccc1. The van der Waals surface area contributed by atoms with Crippen molar-refractivity contribution in [2.75, 3.05) is 7.11 Å². The quantitative estimate of drug-likeness (QED) is 0.212. The molecule has 1 amide bonds. The zero-order valence-electron chi connectivity index (χ0n) is 18.3. The molecule has 0 spiro atoms. The van der Waals surface area contributed by atoms with E-state index in [2.05, 4.69) is 17.1 Å². The van der Waals surface area contributed by atoms with Crippen molar-refractivity contribution in [2.45, 2.75) is 13.0 Å². The van der Waals surface area contributed by atoms with Crippen molar-refractivity contribution in [1.29, 1.82) is 0 Å². The summed E-state index contributed by atoms with van der Waals surface area (Å²) in [6, 6.07) is 22.8. The van der Waals surface area contributed by atoms with Crippen LogP contribution in [0.15, 0.2) is 95.0 Å². The average Bonchev–Trinajstić information content (AvgIpc) is 3.28. The topological polar surface area (TPSA) is 73.1 Å². The number of benzene rings is 3. The van der Waals surface area contributed by atoms with E-state index < -0.39 is 5.91 Å². The Kier molecular flexibility index (Phi) is 6.85. The Morgan fingerprint density at radius 2 is 1.88 bits per heavy atom. The number of furan rings is 1. The summed E-state index contributed by atoms with van der Waals surface area (Å²) in [7, 11) is 1.59. The number of fused-ring (bicyclic) bond motifs is 1. The molecule has 0 aliphatic heterocycles. The Labute approximate surface area is 192 Å². The highest BCUT2D eigenvalue weighted by atomic mass is 16.5. The second-order valence-corrected chi connectivity index (χ2v) is 7.33. The summed E-state index contributed by atoms with van der Waals surface area (Å²) in [5.74, 6) is 1.01. The first-order valence-corrected chi connectivity index (χ1v) is 10.5. The third-order valence-electron chi connectivity index (χ3n) is 4.99. The van der Waals surface area contributed by atoms with Gasteiger partial charge in [0.25, 0.3) is 0 Å². The fourth-order valence-electron chi connectivity index (χ4n) is 3.42. The summed E-state index contributed by atoms with van der Waals surface area (Å²) >= 11 is 0. The van der Waals surface area contributed by atoms with Gasteiger partial charge in [0.2, 0.25) is 0 Å². The molecule has 0 aliphatic carbocycles. The van der Waals surface area contributed by atoms with Crippen molar-refractivity contribution < 1.29 is 18.7 Å². The Morgan fingerprint density at radius 1 is 1.09 bits per heavy atom. The van der Waals surface area contributed by atoms with Gasteiger partial charge in [0.1, 0.15) is 12.2 Å². The second kappa shape index (κ2) is 10.3. The van der Waals surface area contributed by atoms with Crippen LogP contribution in [0.25, 0.3) is 11.0 Å². The molecule has 0 fully saturated rings. The van der Waals surface area contributed by atoms with Crippen LogP contribution in [-0.4, -0.2) is 19.2 Å². The van der Waals surface area contributed by atoms with Gasteiger partial charge in [-0.05, 0) is 41.8 Å². The molecule has 0 saturated carbocycles. The number of hydrazone groups is 1. The summed E-state index contributed by atoms with van der Waals surface area (Å²) in [5, 5.41) is 4.94. The summed E-state index contributed by atoms with van der Waals surface area (Å²) in [6.45, 7) is 4.26. The number of hydrogen-bond acceptors (Lipinski definition) is 5. The van der Waals surface area contributed by atoms with E-state index in [1.807, 2.05) is 66.7 Å². The molecule has 6 nitrogen and oxygen atoms in total. The minimum Gasteiger partial charge on any atom is -0.493 e. The van der Waals surface area contributed by atoms with Gasteiger partial charge in [-0.2, -0.15) is 5.10 Å². The van der Waals surface area contributed by atoms with Gasteiger partial charge in [0.05, 0.1) is 13.3 Å². The lowest BCUT2D eigenvalue weighted by molar-refractivity contribution is 0.0929. The smallest absolute Gasteiger partial charge is 0.307 e. The number of amides is 1. The highest BCUT2D eigenvalue weighted by Crippen LogP contribution is 2.34. The van der Waals surface area contributed by atoms with E-state index in [-0.39, 0.29) is 5.76 Å². The van der Waals surface area contributed by atoms with Crippen molar-refractivity contribution in [3.8, 4) is 11.5 Å². The van der Waals surface area contributed by atoms with Crippen LogP contribution in [0.2, 0.25) is 0 Å². The molecule has 0 unspecified atom stereocenters. The van der Waals surface area contributed by atoms with Crippen molar-refractivity contribution in [3.05, 3.63) is 108 Å². The molecule has 4 aromatic rings. The lowest BCUT2D eigenvalue weighted by atomic mass is 10.1. The predicted molar refractivity (Wildman–Crippen MR) is 129 cm³/mol. The van der Waals surface area contributed by atoms with Gasteiger partial charge >= 0.3 is 5.91 Å². The molecule has 6 heteroatoms. The molecule has 4 rings (SSSR count). The molecule has 0 aliphatic rings. The van der Waals surface area contributed by atoms with Crippen LogP contribution in [0.1, 0.15) is 27.2 Å². The van der Waals surface area contributed by atoms with Crippen molar-refractivity contribution in [1.82, 2.24) is 5.43 Å². The number of carbonyl (C=O) groups is 1. The third-order valence-corrected chi connectivity index (χ3v) is 4.99. The summed E-state index contributed by atoms with van der Waals surface area (Å²) in [4.78, 5) is 12.4. The van der Waals surface area contributed by atoms with Crippen LogP contribution < -0.4 is 14.9 Å². The molecule has 0 radical (unpaired) electrons. The molecule has 0 atom stereocenters. The van der Waals surface area contributed by atoms with Gasteiger partial charge in [-0.25, -0.2) is 5.43 Å². The molecule has 1 heterocycles. The van der Waals surface area contributed by atoms with Crippen LogP contribution in [0.3, 0.4) is 0 Å². The van der Waals surface area contributed by atoms with Crippen molar-refractivity contribution in [3.63, 3.8) is 0 Å². The highest BCUT2D eigenvalue weighted by Gasteiger charge is 2.14. The summed E-state index contributed by atoms with van der Waals surface area (Å²) in [6.07, 6.45) is 3.94. The molecule has 3 aromatic carbocycles. The van der Waals surface area contributed by atoms with Crippen LogP contribution in [-0.2, 0) is 13.0 Å². The van der Waals surface area contributed by atoms with Crippen molar-refractivity contribution >= 4 is 23.1 Å². The van der Waals surface area contributed by atoms with Crippen LogP contribution in [0.4, 0.5) is 0 Å². The Morgan fingerprint density at radius 3 is 2.64 bits per heavy atom. The number of ether oxygens (including phenoxy) is 2. The maximum Gasteiger partial charge on any atom is 0.307 e. The number of hydrogen-bond donors (Lipinski definition) is 1. The maximum atomic E-state index is 12.4. The Hall–Kier alpha value is -4.32. The predicted octanol–water partition coefficient (Wildman–Crippen LogP) is 5.51. The molecule has 0 saturated heterocycles. The molecule has 0 bridgehead atoms. The van der Waals surface area contributed by atoms with Crippen LogP contribution >= 0.6 is 0 Å². The first kappa shape index (κ1) is 21.9. The van der Waals surface area contributed by atoms with Gasteiger partial charge in [0.15, 0.2) is 17.3 Å². The number of allylic oxidation sites excluding steroid dienone is 1. The van der Waals surface area contributed by atoms with Gasteiger partial charge < -0.3 is 13.9 Å². The molecule has 1 N–H and O–H groups in total. The standard InChI is InChI=1S/C27H24N2O4/c1-3-9-22-14-20(15-24(31-2)26(22)32-18-19-10-5-4-6-11-19)17-28-29-27(30)25-16-21-12-7-8-13-23(21)33-25/h3-8,10-17H,1,9,18H2,2H3,(H,29,30)/b28-17+. The fourth-order valence-corrected chi connectivity index (χ4v) is 3.42. The van der Waals surface area contributed by atoms with Gasteiger partial charge in [-0.15, -0.1) is 6.58 Å². The monoisotopic (exact) mass is 440 g/mol. The zero-order valence-corrected chi connectivity index (χ0v) is 18.3. The maximum absolute atomic E-state index is 12.4. The molecule has 1 aromatic heterocycles. The van der Waals surface area contributed by atoms with Gasteiger partial charge in [-0.1, -0.05) is 54.6 Å². The van der Waals surface area contributed by atoms with E-state index in [9.17, 15) is 4.79 Å². The lowest BCUT2D eigenvalue weighted by Crippen LogP contribution is -2.16. The molecule has 166 valence electrons. The number of nitrogens with zero attached hydrogens (tertiary/aromatic N) is 1. The second-order valence-electron chi connectivity index (χ2n) is 7.33. The fraction of sp³-hybridized carbons (Fsp3) is 0.111. The largest absolute Gasteiger partial charge is 0.493 e. The number of methoxy groups -OCH3 is 1. The van der Waals surface area contributed by atoms with Gasteiger partial charge in [0, 0.05) is 10.9 Å². The number of nitrogens with one attached hydrogen (secondary N) is 1. The first-order valence-electron chi connectivity index (χ1n) is 10.5. The number of rotatable bonds is 9. The van der Waals surface area contributed by atoms with Crippen LogP contribution in [0, 0.1) is 0 Å². The van der Waals surface area contributed by atoms with E-state index in [1.165, 1.54) is 0 Å². The van der Waals surface area contributed by atoms with Gasteiger partial charge in [-0.3, -0.25) is 4.79 Å². The minimum absolute atomic E-state index is 0.197. The Balaban J connectivity index is 1.50. The van der Waals surface area contributed by atoms with Crippen molar-refractivity contribution in [2.24, 2.45) is 5.10 Å². The highest BCUT2D eigenvalue weighted by molar-refractivity contribution is 5.96. The van der Waals surface area contributed by atoms with E-state index >= 15 is 0 Å².